The number of hydrogen-bond donors (Lipinski definition) is 5. The molecular formula is C104H80N6O23S. The SMILES string of the molecule is Cc1cc(=O)oc2cc(NC(=O)OCc3cc4ccccc4o3)ccc12.Cc1cc(=O)oc2cc(NC(=O)OCc3ccc(-c4ccco4)cc3)ccc12.Cc1cc(=O)oc2cc(NC(=O)OCc3ccc4ccccc4c3)ccc12.Cc1cc(=O)oc2cc(NC(=O)OCc3nc4ccccc4s3)ccc12.Cc1ccc2oc(COC(=O)Nc3ccc4c(C)cc(=O)oc4c3)cc2c1. The predicted molar refractivity (Wildman–Crippen MR) is 510 cm³/mol. The molecule has 0 fully saturated rings. The van der Waals surface area contributed by atoms with E-state index in [1.807, 2.05) is 199 Å². The van der Waals surface area contributed by atoms with Gasteiger partial charge in [0.15, 0.2) is 13.2 Å². The first-order chi connectivity index (χ1) is 64.8. The molecule has 0 aliphatic carbocycles. The average molecular weight is 1810 g/mol. The summed E-state index contributed by atoms with van der Waals surface area (Å²) in [5, 5.41) is 22.1. The van der Waals surface area contributed by atoms with Crippen molar-refractivity contribution < 1.29 is 83.0 Å². The quantitative estimate of drug-likeness (QED) is 0.0443. The molecule has 20 aromatic rings. The Morgan fingerprint density at radius 3 is 1.10 bits per heavy atom. The van der Waals surface area contributed by atoms with Gasteiger partial charge < -0.3 is 59.0 Å². The number of amides is 5. The second kappa shape index (κ2) is 40.8. The molecule has 29 nitrogen and oxygen atoms in total. The highest BCUT2D eigenvalue weighted by Crippen LogP contribution is 2.31. The molecule has 0 spiro atoms. The molecule has 0 saturated heterocycles. The molecule has 0 aliphatic heterocycles. The van der Waals surface area contributed by atoms with Gasteiger partial charge in [0.2, 0.25) is 0 Å². The molecule has 0 saturated carbocycles. The molecule has 9 aromatic heterocycles. The van der Waals surface area contributed by atoms with Crippen LogP contribution in [0, 0.1) is 41.5 Å². The van der Waals surface area contributed by atoms with E-state index < -0.39 is 58.6 Å². The van der Waals surface area contributed by atoms with Gasteiger partial charge in [0.1, 0.15) is 81.2 Å². The van der Waals surface area contributed by atoms with E-state index in [0.29, 0.717) is 67.9 Å². The van der Waals surface area contributed by atoms with Crippen molar-refractivity contribution in [1.82, 2.24) is 4.98 Å². The maximum atomic E-state index is 12.1. The van der Waals surface area contributed by atoms with Crippen LogP contribution in [0.3, 0.4) is 0 Å². The third-order valence-electron chi connectivity index (χ3n) is 20.9. The van der Waals surface area contributed by atoms with Gasteiger partial charge in [0.25, 0.3) is 0 Å². The van der Waals surface area contributed by atoms with Crippen LogP contribution in [0.4, 0.5) is 52.4 Å². The number of aryl methyl sites for hydroxylation is 6. The van der Waals surface area contributed by atoms with E-state index in [4.69, 9.17) is 59.0 Å². The number of ether oxygens (including phenoxy) is 5. The van der Waals surface area contributed by atoms with Crippen LogP contribution >= 0.6 is 11.3 Å². The lowest BCUT2D eigenvalue weighted by Crippen LogP contribution is -2.13. The Kier molecular flexibility index (Phi) is 27.3. The minimum atomic E-state index is -0.625. The molecular weight excluding hydrogens is 1730 g/mol. The first-order valence-electron chi connectivity index (χ1n) is 41.6. The minimum Gasteiger partial charge on any atom is -0.464 e. The number of fused-ring (bicyclic) bond motifs is 9. The number of carbonyl (C=O) groups is 5. The number of nitrogens with one attached hydrogen (secondary N) is 5. The molecule has 11 aromatic carbocycles. The first kappa shape index (κ1) is 89.7. The van der Waals surface area contributed by atoms with Gasteiger partial charge in [0.05, 0.1) is 16.5 Å². The molecule has 5 amide bonds. The highest BCUT2D eigenvalue weighted by molar-refractivity contribution is 7.18. The summed E-state index contributed by atoms with van der Waals surface area (Å²) in [6, 6.07) is 82.8. The molecule has 9 heterocycles. The van der Waals surface area contributed by atoms with Crippen molar-refractivity contribution in [1.29, 1.82) is 0 Å². The monoisotopic (exact) mass is 1810 g/mol. The van der Waals surface area contributed by atoms with Gasteiger partial charge in [0, 0.05) is 132 Å². The smallest absolute Gasteiger partial charge is 0.412 e. The van der Waals surface area contributed by atoms with E-state index in [1.165, 1.54) is 41.7 Å². The van der Waals surface area contributed by atoms with E-state index in [9.17, 15) is 47.9 Å². The maximum Gasteiger partial charge on any atom is 0.412 e. The second-order valence-electron chi connectivity index (χ2n) is 30.7. The van der Waals surface area contributed by atoms with Crippen LogP contribution < -0.4 is 54.7 Å². The Labute approximate surface area is 762 Å². The Morgan fingerprint density at radius 2 is 0.672 bits per heavy atom. The number of furan rings is 3. The van der Waals surface area contributed by atoms with Crippen LogP contribution in [0.5, 0.6) is 0 Å². The van der Waals surface area contributed by atoms with Crippen molar-refractivity contribution in [2.24, 2.45) is 0 Å². The van der Waals surface area contributed by atoms with Crippen LogP contribution in [0.15, 0.2) is 345 Å². The van der Waals surface area contributed by atoms with Crippen LogP contribution in [-0.4, -0.2) is 35.5 Å². The second-order valence-corrected chi connectivity index (χ2v) is 31.9. The Bertz CT molecular complexity index is 7910. The van der Waals surface area contributed by atoms with Crippen molar-refractivity contribution in [3.8, 4) is 11.3 Å². The van der Waals surface area contributed by atoms with Gasteiger partial charge in [-0.1, -0.05) is 103 Å². The zero-order chi connectivity index (χ0) is 93.5. The Balaban J connectivity index is 0.000000122. The normalized spacial score (nSPS) is 10.9. The fourth-order valence-electron chi connectivity index (χ4n) is 14.4. The van der Waals surface area contributed by atoms with Crippen molar-refractivity contribution in [3.05, 3.63) is 398 Å². The predicted octanol–water partition coefficient (Wildman–Crippen LogP) is 24.1. The molecule has 0 radical (unpaired) electrons. The molecule has 0 atom stereocenters. The van der Waals surface area contributed by atoms with Gasteiger partial charge in [-0.2, -0.15) is 0 Å². The summed E-state index contributed by atoms with van der Waals surface area (Å²) in [5.74, 6) is 1.90. The summed E-state index contributed by atoms with van der Waals surface area (Å²) >= 11 is 1.48. The number of para-hydroxylation sites is 2. The van der Waals surface area contributed by atoms with E-state index in [0.717, 1.165) is 131 Å². The van der Waals surface area contributed by atoms with E-state index in [1.54, 1.807) is 97.3 Å². The maximum absolute atomic E-state index is 12.1. The number of carbonyl (C=O) groups excluding carboxylic acids is 5. The highest BCUT2D eigenvalue weighted by Gasteiger charge is 2.18. The molecule has 30 heteroatoms. The highest BCUT2D eigenvalue weighted by atomic mass is 32.1. The third kappa shape index (κ3) is 23.1. The van der Waals surface area contributed by atoms with Crippen LogP contribution in [0.25, 0.3) is 109 Å². The van der Waals surface area contributed by atoms with Gasteiger partial charge in [-0.05, 0) is 213 Å². The third-order valence-corrected chi connectivity index (χ3v) is 21.9. The van der Waals surface area contributed by atoms with Crippen molar-refractivity contribution in [2.75, 3.05) is 26.6 Å². The number of nitrogens with zero attached hydrogens (tertiary/aromatic N) is 1. The average Bonchev–Trinajstić information content (AvgIpc) is 1.46. The Hall–Kier alpha value is -17.7. The fourth-order valence-corrected chi connectivity index (χ4v) is 15.3. The fraction of sp³-hybridized carbons (Fsp3) is 0.106. The van der Waals surface area contributed by atoms with E-state index in [-0.39, 0.29) is 33.0 Å². The summed E-state index contributed by atoms with van der Waals surface area (Å²) in [4.78, 5) is 122. The van der Waals surface area contributed by atoms with Crippen molar-refractivity contribution in [2.45, 2.75) is 74.6 Å². The number of rotatable bonds is 16. The lowest BCUT2D eigenvalue weighted by molar-refractivity contribution is 0.146. The van der Waals surface area contributed by atoms with Gasteiger partial charge >= 0.3 is 58.6 Å². The standard InChI is InChI=1S/C22H17NO5.C22H17NO4.C21H17NO5.C20H15NO5.C19H14N2O4S/c1-14-11-21(24)28-20-12-17(8-9-18(14)20)23-22(25)27-13-15-4-6-16(7-5-15)19-3-2-10-26-19;1-14-10-21(24)27-20-12-18(8-9-19(14)20)23-22(25)26-13-15-6-7-16-4-2-3-5-17(16)11-15;1-12-3-6-18-14(7-12)9-16(26-18)11-25-21(24)22-15-4-5-17-13(2)8-20(23)27-19(17)10-15;1-12-8-19(22)26-18-10-14(6-7-16(12)18)21-20(23)24-11-15-9-13-4-2-3-5-17(13)25-15;1-11-8-18(22)25-15-9-12(6-7-13(11)15)20-19(23)24-10-17-21-14-4-2-3-5-16(14)26-17/h2-12H,13H2,1H3,(H,23,25);2-12H,13H2,1H3,(H,23,25);3-10H,11H2,1-2H3,(H,22,24);2-10H,11H2,1H3,(H,21,23);2-9H,10H2,1H3,(H,20,23). The first-order valence-corrected chi connectivity index (χ1v) is 42.5. The summed E-state index contributed by atoms with van der Waals surface area (Å²) in [7, 11) is 0. The molecule has 0 aliphatic rings. The summed E-state index contributed by atoms with van der Waals surface area (Å²) < 4.78 is 69.7. The number of aromatic nitrogens is 1. The summed E-state index contributed by atoms with van der Waals surface area (Å²) in [6.07, 6.45) is -1.39. The number of anilines is 5. The number of benzene rings is 11. The Morgan fingerprint density at radius 1 is 0.299 bits per heavy atom. The van der Waals surface area contributed by atoms with E-state index >= 15 is 0 Å². The largest absolute Gasteiger partial charge is 0.464 e. The van der Waals surface area contributed by atoms with Crippen molar-refractivity contribution in [3.63, 3.8) is 0 Å². The molecule has 20 rings (SSSR count). The zero-order valence-electron chi connectivity index (χ0n) is 72.4. The lowest BCUT2D eigenvalue weighted by Gasteiger charge is -2.09. The zero-order valence-corrected chi connectivity index (χ0v) is 73.2. The topological polar surface area (TPSA) is 395 Å². The van der Waals surface area contributed by atoms with E-state index in [2.05, 4.69) is 31.6 Å². The summed E-state index contributed by atoms with van der Waals surface area (Å²) in [6.45, 7) is 11.6. The summed E-state index contributed by atoms with van der Waals surface area (Å²) in [5.41, 5.74) is 12.7. The molecule has 5 N–H and O–H groups in total. The molecule has 0 unspecified atom stereocenters. The molecule has 670 valence electrons. The number of thiazole rings is 1. The minimum absolute atomic E-state index is 0.0152. The van der Waals surface area contributed by atoms with Crippen LogP contribution in [-0.2, 0) is 56.7 Å². The van der Waals surface area contributed by atoms with Crippen LogP contribution in [0.1, 0.15) is 61.0 Å². The van der Waals surface area contributed by atoms with Gasteiger partial charge in [-0.3, -0.25) is 26.6 Å². The van der Waals surface area contributed by atoms with Gasteiger partial charge in [-0.25, -0.2) is 52.9 Å². The lowest BCUT2D eigenvalue weighted by atomic mass is 10.1. The number of hydrogen-bond acceptors (Lipinski definition) is 25. The van der Waals surface area contributed by atoms with Gasteiger partial charge in [-0.15, -0.1) is 11.3 Å². The van der Waals surface area contributed by atoms with Crippen LogP contribution in [0.2, 0.25) is 0 Å². The van der Waals surface area contributed by atoms with Crippen molar-refractivity contribution >= 4 is 168 Å². The molecule has 134 heavy (non-hydrogen) atoms. The molecule has 0 bridgehead atoms.